The first-order valence-electron chi connectivity index (χ1n) is 30.1. The van der Waals surface area contributed by atoms with E-state index in [4.69, 9.17) is 0 Å². The molecule has 15 rings (SSSR count). The van der Waals surface area contributed by atoms with Gasteiger partial charge in [-0.2, -0.15) is 0 Å². The van der Waals surface area contributed by atoms with Gasteiger partial charge in [-0.05, 0) is 280 Å². The highest BCUT2D eigenvalue weighted by Gasteiger charge is 2.25. The number of fused-ring (bicyclic) bond motifs is 7. The van der Waals surface area contributed by atoms with Crippen LogP contribution in [-0.4, -0.2) is 0 Å². The molecule has 0 saturated carbocycles. The van der Waals surface area contributed by atoms with Gasteiger partial charge in [0.25, 0.3) is 0 Å². The molecule has 0 fully saturated rings. The van der Waals surface area contributed by atoms with Crippen LogP contribution in [0.1, 0.15) is 107 Å². The van der Waals surface area contributed by atoms with Crippen LogP contribution in [0.15, 0.2) is 206 Å². The van der Waals surface area contributed by atoms with Gasteiger partial charge in [-0.1, -0.05) is 146 Å². The van der Waals surface area contributed by atoms with E-state index in [-0.39, 0.29) is 0 Å². The molecule has 0 unspecified atom stereocenters. The maximum absolute atomic E-state index is 2.55. The third-order valence-corrected chi connectivity index (χ3v) is 18.5. The van der Waals surface area contributed by atoms with Crippen molar-refractivity contribution in [2.24, 2.45) is 0 Å². The number of anilines is 6. The SMILES string of the molecule is C(=Cc1ccc(N(c2ccc3c(c2)CCCC3)c2ccc3c(c2)CCCC3)c2ccccc12)c1ccc2c(-c3ccccc3)c3cc(N(c4ccc5c(c4)CCCC5)c4ccc5c(c4)CCCC5)ccc3c(-c3ccccc3)c2c1. The van der Waals surface area contributed by atoms with Crippen LogP contribution in [0.4, 0.5) is 34.1 Å². The van der Waals surface area contributed by atoms with Gasteiger partial charge in [0.1, 0.15) is 0 Å². The molecule has 4 aliphatic carbocycles. The number of benzene rings is 11. The van der Waals surface area contributed by atoms with Crippen LogP contribution >= 0.6 is 0 Å². The number of hydrogen-bond acceptors (Lipinski definition) is 2. The topological polar surface area (TPSA) is 6.48 Å². The first-order chi connectivity index (χ1) is 39.6. The molecule has 0 radical (unpaired) electrons. The lowest BCUT2D eigenvalue weighted by molar-refractivity contribution is 0.685. The lowest BCUT2D eigenvalue weighted by atomic mass is 9.85. The molecule has 0 saturated heterocycles. The minimum absolute atomic E-state index is 1.15. The quantitative estimate of drug-likeness (QED) is 0.0995. The summed E-state index contributed by atoms with van der Waals surface area (Å²) in [7, 11) is 0. The summed E-state index contributed by atoms with van der Waals surface area (Å²) in [5.41, 5.74) is 26.8. The number of hydrogen-bond donors (Lipinski definition) is 0. The number of rotatable bonds is 10. The van der Waals surface area contributed by atoms with E-state index in [2.05, 4.69) is 228 Å². The predicted molar refractivity (Wildman–Crippen MR) is 341 cm³/mol. The van der Waals surface area contributed by atoms with Gasteiger partial charge in [0.2, 0.25) is 0 Å². The van der Waals surface area contributed by atoms with Crippen LogP contribution in [0.25, 0.3) is 66.7 Å². The Morgan fingerprint density at radius 1 is 0.250 bits per heavy atom. The Morgan fingerprint density at radius 3 is 1.12 bits per heavy atom. The summed E-state index contributed by atoms with van der Waals surface area (Å²) in [6.07, 6.45) is 24.2. The lowest BCUT2D eigenvalue weighted by Crippen LogP contribution is -2.14. The Balaban J connectivity index is 0.876. The second kappa shape index (κ2) is 21.0. The van der Waals surface area contributed by atoms with Crippen LogP contribution in [0, 0.1) is 0 Å². The average molecular weight is 1030 g/mol. The Bertz CT molecular complexity index is 4080. The van der Waals surface area contributed by atoms with Gasteiger partial charge in [0.15, 0.2) is 0 Å². The van der Waals surface area contributed by atoms with Crippen molar-refractivity contribution >= 4 is 78.6 Å². The zero-order valence-corrected chi connectivity index (χ0v) is 46.0. The predicted octanol–water partition coefficient (Wildman–Crippen LogP) is 21.1. The minimum atomic E-state index is 1.15. The molecule has 0 aliphatic heterocycles. The molecule has 0 bridgehead atoms. The van der Waals surface area contributed by atoms with Crippen molar-refractivity contribution in [1.82, 2.24) is 0 Å². The van der Waals surface area contributed by atoms with E-state index in [0.29, 0.717) is 0 Å². The zero-order chi connectivity index (χ0) is 52.9. The summed E-state index contributed by atoms with van der Waals surface area (Å²) in [4.78, 5) is 5.10. The summed E-state index contributed by atoms with van der Waals surface area (Å²) in [6, 6.07) is 79.7. The highest BCUT2D eigenvalue weighted by atomic mass is 15.1. The summed E-state index contributed by atoms with van der Waals surface area (Å²) in [5, 5.41) is 7.53. The molecule has 0 N–H and O–H groups in total. The molecule has 2 nitrogen and oxygen atoms in total. The lowest BCUT2D eigenvalue weighted by Gasteiger charge is -2.30. The van der Waals surface area contributed by atoms with E-state index in [1.54, 1.807) is 0 Å². The molecule has 0 aromatic heterocycles. The van der Waals surface area contributed by atoms with Gasteiger partial charge in [-0.15, -0.1) is 0 Å². The Labute approximate surface area is 472 Å². The van der Waals surface area contributed by atoms with E-state index in [0.717, 1.165) is 25.7 Å². The van der Waals surface area contributed by atoms with Gasteiger partial charge in [0, 0.05) is 33.8 Å². The zero-order valence-electron chi connectivity index (χ0n) is 46.0. The third-order valence-electron chi connectivity index (χ3n) is 18.5. The monoisotopic (exact) mass is 1030 g/mol. The first kappa shape index (κ1) is 48.6. The summed E-state index contributed by atoms with van der Waals surface area (Å²) in [5.74, 6) is 0. The van der Waals surface area contributed by atoms with Gasteiger partial charge >= 0.3 is 0 Å². The largest absolute Gasteiger partial charge is 0.310 e. The summed E-state index contributed by atoms with van der Waals surface area (Å²) < 4.78 is 0. The molecule has 0 heterocycles. The van der Waals surface area contributed by atoms with Crippen LogP contribution < -0.4 is 9.80 Å². The third kappa shape index (κ3) is 9.00. The first-order valence-corrected chi connectivity index (χ1v) is 30.1. The van der Waals surface area contributed by atoms with Crippen molar-refractivity contribution in [3.05, 3.63) is 262 Å². The standard InChI is InChI=1S/C78H68N2/c1-3-21-59(22-4-1)77-73-45-43-69(79(65-39-34-54-17-7-11-25-61(54)48-65)66-40-35-55-18-8-12-26-62(55)49-66)52-75(73)78(60-23-5-2-6-24-60)72-44-32-53(47-74(72)77)31-33-58-38-46-76(71-30-16-15-29-70(58)71)80(67-41-36-56-19-9-13-27-63(56)50-67)68-42-37-57-20-10-14-28-64(57)51-68/h1-6,15-16,21-24,29-52H,7-14,17-20,25-28H2. The molecule has 0 spiro atoms. The van der Waals surface area contributed by atoms with Crippen molar-refractivity contribution in [2.75, 3.05) is 9.80 Å². The van der Waals surface area contributed by atoms with Crippen LogP contribution in [0.5, 0.6) is 0 Å². The molecule has 4 aliphatic rings. The fraction of sp³-hybridized carbons (Fsp3) is 0.205. The van der Waals surface area contributed by atoms with Gasteiger partial charge in [0.05, 0.1) is 5.69 Å². The molecule has 0 amide bonds. The second-order valence-corrected chi connectivity index (χ2v) is 23.4. The Morgan fingerprint density at radius 2 is 0.637 bits per heavy atom. The molecular weight excluding hydrogens is 965 g/mol. The molecule has 0 atom stereocenters. The highest BCUT2D eigenvalue weighted by molar-refractivity contribution is 6.22. The van der Waals surface area contributed by atoms with Crippen molar-refractivity contribution in [1.29, 1.82) is 0 Å². The van der Waals surface area contributed by atoms with Crippen molar-refractivity contribution < 1.29 is 0 Å². The maximum atomic E-state index is 2.55. The van der Waals surface area contributed by atoms with E-state index >= 15 is 0 Å². The Hall–Kier alpha value is -8.46. The van der Waals surface area contributed by atoms with Crippen LogP contribution in [0.2, 0.25) is 0 Å². The smallest absolute Gasteiger partial charge is 0.0540 e. The Kier molecular flexibility index (Phi) is 12.8. The van der Waals surface area contributed by atoms with Crippen molar-refractivity contribution in [3.8, 4) is 22.3 Å². The molecule has 2 heteroatoms. The molecule has 11 aromatic carbocycles. The van der Waals surface area contributed by atoms with Gasteiger partial charge in [-0.25, -0.2) is 0 Å². The summed E-state index contributed by atoms with van der Waals surface area (Å²) >= 11 is 0. The maximum Gasteiger partial charge on any atom is 0.0540 e. The van der Waals surface area contributed by atoms with Crippen LogP contribution in [-0.2, 0) is 51.4 Å². The van der Waals surface area contributed by atoms with Gasteiger partial charge < -0.3 is 9.80 Å². The van der Waals surface area contributed by atoms with E-state index < -0.39 is 0 Å². The number of aryl methyl sites for hydroxylation is 8. The highest BCUT2D eigenvalue weighted by Crippen LogP contribution is 2.48. The van der Waals surface area contributed by atoms with E-state index in [1.165, 1.54) is 221 Å². The van der Waals surface area contributed by atoms with Gasteiger partial charge in [-0.3, -0.25) is 0 Å². The fourth-order valence-electron chi connectivity index (χ4n) is 14.5. The van der Waals surface area contributed by atoms with Crippen molar-refractivity contribution in [2.45, 2.75) is 103 Å². The molecule has 80 heavy (non-hydrogen) atoms. The molecule has 390 valence electrons. The normalized spacial score (nSPS) is 14.9. The fourth-order valence-corrected chi connectivity index (χ4v) is 14.5. The van der Waals surface area contributed by atoms with Crippen molar-refractivity contribution in [3.63, 3.8) is 0 Å². The van der Waals surface area contributed by atoms with E-state index in [9.17, 15) is 0 Å². The minimum Gasteiger partial charge on any atom is -0.310 e. The second-order valence-electron chi connectivity index (χ2n) is 23.4. The average Bonchev–Trinajstić information content (AvgIpc) is 3.65. The molecule has 11 aromatic rings. The molecular formula is C78H68N2. The van der Waals surface area contributed by atoms with Crippen LogP contribution in [0.3, 0.4) is 0 Å². The number of nitrogens with zero attached hydrogens (tertiary/aromatic N) is 2. The van der Waals surface area contributed by atoms with E-state index in [1.807, 2.05) is 0 Å². The summed E-state index contributed by atoms with van der Waals surface area (Å²) in [6.45, 7) is 0.